The quantitative estimate of drug-likeness (QED) is 0.822. The number of halogens is 1. The van der Waals surface area contributed by atoms with Crippen LogP contribution in [0, 0.1) is 12.7 Å². The van der Waals surface area contributed by atoms with E-state index in [0.717, 1.165) is 25.7 Å². The van der Waals surface area contributed by atoms with Crippen molar-refractivity contribution in [2.24, 2.45) is 0 Å². The van der Waals surface area contributed by atoms with Crippen LogP contribution in [0.1, 0.15) is 36.8 Å². The van der Waals surface area contributed by atoms with Gasteiger partial charge in [0.25, 0.3) is 0 Å². The Morgan fingerprint density at radius 1 is 1.07 bits per heavy atom. The summed E-state index contributed by atoms with van der Waals surface area (Å²) in [5, 5.41) is 2.68. The molecule has 0 atom stereocenters. The standard InChI is InChI=1S/C21H25FN2O3S/c1-16-10-11-18(23-21(25)14-17-8-4-5-9-19(17)22)15-20(16)28(26,27)24-12-6-2-3-7-13-24/h4-5,8-11,15H,2-3,6-7,12-14H2,1H3,(H,23,25). The van der Waals surface area contributed by atoms with Crippen molar-refractivity contribution in [3.05, 3.63) is 59.4 Å². The highest BCUT2D eigenvalue weighted by Gasteiger charge is 2.27. The molecule has 5 nitrogen and oxygen atoms in total. The Bertz CT molecular complexity index is 952. The van der Waals surface area contributed by atoms with Crippen molar-refractivity contribution in [3.63, 3.8) is 0 Å². The monoisotopic (exact) mass is 404 g/mol. The van der Waals surface area contributed by atoms with E-state index < -0.39 is 21.7 Å². The summed E-state index contributed by atoms with van der Waals surface area (Å²) >= 11 is 0. The zero-order chi connectivity index (χ0) is 20.1. The van der Waals surface area contributed by atoms with Crippen LogP contribution in [0.3, 0.4) is 0 Å². The van der Waals surface area contributed by atoms with Gasteiger partial charge in [-0.2, -0.15) is 4.31 Å². The zero-order valence-corrected chi connectivity index (χ0v) is 16.8. The van der Waals surface area contributed by atoms with Crippen molar-refractivity contribution in [1.29, 1.82) is 0 Å². The van der Waals surface area contributed by atoms with Gasteiger partial charge in [-0.05, 0) is 49.1 Å². The van der Waals surface area contributed by atoms with Crippen LogP contribution < -0.4 is 5.32 Å². The number of hydrogen-bond donors (Lipinski definition) is 1. The van der Waals surface area contributed by atoms with Gasteiger partial charge < -0.3 is 5.32 Å². The molecule has 2 aromatic rings. The average molecular weight is 405 g/mol. The number of amides is 1. The molecular weight excluding hydrogens is 379 g/mol. The molecule has 1 fully saturated rings. The van der Waals surface area contributed by atoms with Crippen molar-refractivity contribution >= 4 is 21.6 Å². The molecule has 7 heteroatoms. The molecule has 1 amide bonds. The highest BCUT2D eigenvalue weighted by Crippen LogP contribution is 2.26. The number of anilines is 1. The van der Waals surface area contributed by atoms with Crippen molar-refractivity contribution in [2.75, 3.05) is 18.4 Å². The topological polar surface area (TPSA) is 66.5 Å². The van der Waals surface area contributed by atoms with Crippen LogP contribution in [0.4, 0.5) is 10.1 Å². The third kappa shape index (κ3) is 4.77. The predicted molar refractivity (Wildman–Crippen MR) is 107 cm³/mol. The molecule has 0 bridgehead atoms. The van der Waals surface area contributed by atoms with E-state index in [-0.39, 0.29) is 11.3 Å². The van der Waals surface area contributed by atoms with Crippen LogP contribution in [0.15, 0.2) is 47.4 Å². The first kappa shape index (κ1) is 20.5. The smallest absolute Gasteiger partial charge is 0.243 e. The largest absolute Gasteiger partial charge is 0.326 e. The third-order valence-electron chi connectivity index (χ3n) is 4.96. The van der Waals surface area contributed by atoms with Gasteiger partial charge in [0.2, 0.25) is 15.9 Å². The van der Waals surface area contributed by atoms with Crippen LogP contribution >= 0.6 is 0 Å². The molecule has 150 valence electrons. The minimum atomic E-state index is -3.62. The maximum absolute atomic E-state index is 13.7. The molecule has 0 saturated carbocycles. The van der Waals surface area contributed by atoms with Gasteiger partial charge in [-0.15, -0.1) is 0 Å². The average Bonchev–Trinajstić information content (AvgIpc) is 2.95. The Morgan fingerprint density at radius 2 is 1.75 bits per heavy atom. The number of rotatable bonds is 5. The fourth-order valence-electron chi connectivity index (χ4n) is 3.40. The van der Waals surface area contributed by atoms with Gasteiger partial charge in [-0.3, -0.25) is 4.79 Å². The minimum Gasteiger partial charge on any atom is -0.326 e. The first-order valence-electron chi connectivity index (χ1n) is 9.52. The van der Waals surface area contributed by atoms with Crippen LogP contribution in [0.5, 0.6) is 0 Å². The van der Waals surface area contributed by atoms with Crippen LogP contribution in [-0.4, -0.2) is 31.7 Å². The van der Waals surface area contributed by atoms with E-state index in [4.69, 9.17) is 0 Å². The first-order valence-corrected chi connectivity index (χ1v) is 11.0. The molecule has 0 unspecified atom stereocenters. The van der Waals surface area contributed by atoms with E-state index in [1.807, 2.05) is 0 Å². The number of carbonyl (C=O) groups is 1. The summed E-state index contributed by atoms with van der Waals surface area (Å²) in [6.07, 6.45) is 3.68. The molecule has 1 N–H and O–H groups in total. The number of nitrogens with one attached hydrogen (secondary N) is 1. The van der Waals surface area contributed by atoms with E-state index in [0.29, 0.717) is 29.9 Å². The van der Waals surface area contributed by atoms with E-state index in [9.17, 15) is 17.6 Å². The highest BCUT2D eigenvalue weighted by atomic mass is 32.2. The zero-order valence-electron chi connectivity index (χ0n) is 15.9. The van der Waals surface area contributed by atoms with Gasteiger partial charge in [-0.25, -0.2) is 12.8 Å². The van der Waals surface area contributed by atoms with Crippen LogP contribution in [0.25, 0.3) is 0 Å². The maximum atomic E-state index is 13.7. The third-order valence-corrected chi connectivity index (χ3v) is 7.00. The van der Waals surface area contributed by atoms with Gasteiger partial charge in [-0.1, -0.05) is 37.1 Å². The summed E-state index contributed by atoms with van der Waals surface area (Å²) in [5.74, 6) is -0.835. The summed E-state index contributed by atoms with van der Waals surface area (Å²) in [5.41, 5.74) is 1.32. The minimum absolute atomic E-state index is 0.116. The van der Waals surface area contributed by atoms with Gasteiger partial charge in [0.05, 0.1) is 11.3 Å². The van der Waals surface area contributed by atoms with Gasteiger partial charge in [0.15, 0.2) is 0 Å². The molecule has 2 aromatic carbocycles. The second kappa shape index (κ2) is 8.84. The lowest BCUT2D eigenvalue weighted by Crippen LogP contribution is -2.32. The summed E-state index contributed by atoms with van der Waals surface area (Å²) in [6.45, 7) is 2.78. The van der Waals surface area contributed by atoms with Crippen LogP contribution in [0.2, 0.25) is 0 Å². The lowest BCUT2D eigenvalue weighted by molar-refractivity contribution is -0.115. The Balaban J connectivity index is 1.79. The lowest BCUT2D eigenvalue weighted by atomic mass is 10.1. The van der Waals surface area contributed by atoms with E-state index in [1.54, 1.807) is 37.3 Å². The van der Waals surface area contributed by atoms with E-state index in [1.165, 1.54) is 16.4 Å². The van der Waals surface area contributed by atoms with Crippen molar-refractivity contribution < 1.29 is 17.6 Å². The summed E-state index contributed by atoms with van der Waals surface area (Å²) in [6, 6.07) is 10.9. The maximum Gasteiger partial charge on any atom is 0.243 e. The number of hydrogen-bond acceptors (Lipinski definition) is 3. The Labute approximate surface area is 165 Å². The van der Waals surface area contributed by atoms with Gasteiger partial charge in [0, 0.05) is 18.8 Å². The molecule has 0 radical (unpaired) electrons. The van der Waals surface area contributed by atoms with Crippen molar-refractivity contribution in [1.82, 2.24) is 4.31 Å². The van der Waals surface area contributed by atoms with Gasteiger partial charge >= 0.3 is 0 Å². The SMILES string of the molecule is Cc1ccc(NC(=O)Cc2ccccc2F)cc1S(=O)(=O)N1CCCCCC1. The summed E-state index contributed by atoms with van der Waals surface area (Å²) < 4.78 is 41.5. The number of benzene rings is 2. The lowest BCUT2D eigenvalue weighted by Gasteiger charge is -2.21. The van der Waals surface area contributed by atoms with Crippen molar-refractivity contribution in [2.45, 2.75) is 43.9 Å². The molecular formula is C21H25FN2O3S. The van der Waals surface area contributed by atoms with Crippen molar-refractivity contribution in [3.8, 4) is 0 Å². The van der Waals surface area contributed by atoms with E-state index >= 15 is 0 Å². The number of aryl methyl sites for hydroxylation is 1. The Morgan fingerprint density at radius 3 is 2.43 bits per heavy atom. The number of carbonyl (C=O) groups excluding carboxylic acids is 1. The molecule has 0 aliphatic carbocycles. The number of sulfonamides is 1. The fourth-order valence-corrected chi connectivity index (χ4v) is 5.16. The molecule has 1 saturated heterocycles. The molecule has 1 aliphatic rings. The first-order chi connectivity index (χ1) is 13.4. The molecule has 0 aromatic heterocycles. The van der Waals surface area contributed by atoms with Crippen LogP contribution in [-0.2, 0) is 21.2 Å². The Hall–Kier alpha value is -2.25. The van der Waals surface area contributed by atoms with Gasteiger partial charge in [0.1, 0.15) is 5.82 Å². The molecule has 1 aliphatic heterocycles. The molecule has 28 heavy (non-hydrogen) atoms. The fraction of sp³-hybridized carbons (Fsp3) is 0.381. The number of nitrogens with zero attached hydrogens (tertiary/aromatic N) is 1. The second-order valence-electron chi connectivity index (χ2n) is 7.11. The molecule has 1 heterocycles. The molecule has 0 spiro atoms. The molecule has 3 rings (SSSR count). The highest BCUT2D eigenvalue weighted by molar-refractivity contribution is 7.89. The normalized spacial score (nSPS) is 15.8. The summed E-state index contributed by atoms with van der Waals surface area (Å²) in [4.78, 5) is 12.5. The van der Waals surface area contributed by atoms with E-state index in [2.05, 4.69) is 5.32 Å². The second-order valence-corrected chi connectivity index (χ2v) is 9.02. The Kier molecular flexibility index (Phi) is 6.46. The predicted octanol–water partition coefficient (Wildman–Crippen LogP) is 3.88. The summed E-state index contributed by atoms with van der Waals surface area (Å²) in [7, 11) is -3.62.